The first-order chi connectivity index (χ1) is 6.54. The summed E-state index contributed by atoms with van der Waals surface area (Å²) in [4.78, 5) is 11.1. The molecule has 0 rings (SSSR count). The number of hydrogen-bond acceptors (Lipinski definition) is 5. The Balaban J connectivity index is 3.81. The van der Waals surface area contributed by atoms with Gasteiger partial charge in [0.2, 0.25) is 0 Å². The maximum absolute atomic E-state index is 11.1. The molecule has 0 saturated heterocycles. The van der Waals surface area contributed by atoms with Crippen molar-refractivity contribution in [1.82, 2.24) is 0 Å². The number of carbonyl (C=O) groups excluding carboxylic acids is 1. The molecule has 5 heteroatoms. The molecule has 82 valence electrons. The summed E-state index contributed by atoms with van der Waals surface area (Å²) in [7, 11) is 0. The standard InChI is InChI=1S/C9H16O5/c1-4-12-6-7-14-9(3,11)8(10)13-5-2/h4,11H,1,5-7H2,2-3H3. The first-order valence-electron chi connectivity index (χ1n) is 4.30. The van der Waals surface area contributed by atoms with Gasteiger partial charge in [-0.2, -0.15) is 0 Å². The molecule has 14 heavy (non-hydrogen) atoms. The summed E-state index contributed by atoms with van der Waals surface area (Å²) in [5.74, 6) is -2.72. The molecule has 0 saturated carbocycles. The Labute approximate surface area is 83.3 Å². The topological polar surface area (TPSA) is 65.0 Å². The molecule has 0 amide bonds. The molecule has 0 aliphatic rings. The first kappa shape index (κ1) is 12.9. The zero-order valence-corrected chi connectivity index (χ0v) is 8.49. The molecule has 0 aliphatic heterocycles. The first-order valence-corrected chi connectivity index (χ1v) is 4.30. The highest BCUT2D eigenvalue weighted by Crippen LogP contribution is 2.07. The predicted octanol–water partition coefficient (Wildman–Crippen LogP) is 0.435. The van der Waals surface area contributed by atoms with Crippen molar-refractivity contribution >= 4 is 5.97 Å². The smallest absolute Gasteiger partial charge is 0.366 e. The average molecular weight is 204 g/mol. The number of carbonyl (C=O) groups is 1. The molecule has 1 unspecified atom stereocenters. The van der Waals surface area contributed by atoms with Crippen molar-refractivity contribution in [3.63, 3.8) is 0 Å². The third-order valence-electron chi connectivity index (χ3n) is 1.36. The lowest BCUT2D eigenvalue weighted by Gasteiger charge is -2.20. The molecule has 0 aromatic rings. The average Bonchev–Trinajstić information content (AvgIpc) is 2.13. The Morgan fingerprint density at radius 3 is 2.71 bits per heavy atom. The number of rotatable bonds is 7. The number of ether oxygens (including phenoxy) is 3. The van der Waals surface area contributed by atoms with Crippen LogP contribution in [0.4, 0.5) is 0 Å². The van der Waals surface area contributed by atoms with E-state index >= 15 is 0 Å². The SMILES string of the molecule is C=COCCOC(C)(O)C(=O)OCC. The molecule has 0 heterocycles. The van der Waals surface area contributed by atoms with Crippen LogP contribution in [0.3, 0.4) is 0 Å². The second-order valence-corrected chi connectivity index (χ2v) is 2.59. The number of esters is 1. The van der Waals surface area contributed by atoms with Gasteiger partial charge < -0.3 is 19.3 Å². The van der Waals surface area contributed by atoms with Gasteiger partial charge in [0.25, 0.3) is 5.79 Å². The molecule has 0 radical (unpaired) electrons. The van der Waals surface area contributed by atoms with Crippen molar-refractivity contribution in [2.75, 3.05) is 19.8 Å². The fourth-order valence-corrected chi connectivity index (χ4v) is 0.696. The lowest BCUT2D eigenvalue weighted by Crippen LogP contribution is -2.40. The number of hydrogen-bond donors (Lipinski definition) is 1. The van der Waals surface area contributed by atoms with Crippen molar-refractivity contribution in [3.05, 3.63) is 12.8 Å². The predicted molar refractivity (Wildman–Crippen MR) is 49.4 cm³/mol. The summed E-state index contributed by atoms with van der Waals surface area (Å²) in [6.45, 7) is 6.69. The minimum absolute atomic E-state index is 0.0812. The molecular formula is C9H16O5. The van der Waals surface area contributed by atoms with Crippen LogP contribution in [0.1, 0.15) is 13.8 Å². The van der Waals surface area contributed by atoms with E-state index in [9.17, 15) is 9.90 Å². The van der Waals surface area contributed by atoms with E-state index in [0.717, 1.165) is 0 Å². The van der Waals surface area contributed by atoms with Gasteiger partial charge in [0.05, 0.1) is 19.5 Å². The Bertz CT molecular complexity index is 188. The zero-order valence-electron chi connectivity index (χ0n) is 8.49. The lowest BCUT2D eigenvalue weighted by molar-refractivity contribution is -0.222. The molecule has 0 aromatic carbocycles. The quantitative estimate of drug-likeness (QED) is 0.282. The fraction of sp³-hybridized carbons (Fsp3) is 0.667. The number of aliphatic hydroxyl groups is 1. The highest BCUT2D eigenvalue weighted by atomic mass is 16.7. The van der Waals surface area contributed by atoms with Gasteiger partial charge in [-0.05, 0) is 6.92 Å². The van der Waals surface area contributed by atoms with Crippen LogP contribution in [-0.2, 0) is 19.0 Å². The Hall–Kier alpha value is -1.07. The maximum Gasteiger partial charge on any atom is 0.366 e. The van der Waals surface area contributed by atoms with E-state index in [0.29, 0.717) is 0 Å². The minimum atomic E-state index is -1.92. The van der Waals surface area contributed by atoms with Crippen LogP contribution in [0.25, 0.3) is 0 Å². The summed E-state index contributed by atoms with van der Waals surface area (Å²) in [5.41, 5.74) is 0. The minimum Gasteiger partial charge on any atom is -0.499 e. The van der Waals surface area contributed by atoms with Crippen LogP contribution in [-0.4, -0.2) is 36.7 Å². The monoisotopic (exact) mass is 204 g/mol. The van der Waals surface area contributed by atoms with E-state index in [4.69, 9.17) is 9.47 Å². The fourth-order valence-electron chi connectivity index (χ4n) is 0.696. The van der Waals surface area contributed by atoms with E-state index in [1.165, 1.54) is 13.2 Å². The van der Waals surface area contributed by atoms with Gasteiger partial charge >= 0.3 is 5.97 Å². The van der Waals surface area contributed by atoms with Crippen molar-refractivity contribution < 1.29 is 24.1 Å². The van der Waals surface area contributed by atoms with Gasteiger partial charge in [0.1, 0.15) is 6.61 Å². The second-order valence-electron chi connectivity index (χ2n) is 2.59. The van der Waals surface area contributed by atoms with Crippen LogP contribution < -0.4 is 0 Å². The summed E-state index contributed by atoms with van der Waals surface area (Å²) in [5, 5.41) is 9.44. The molecule has 1 atom stereocenters. The maximum atomic E-state index is 11.1. The van der Waals surface area contributed by atoms with Gasteiger partial charge in [0.15, 0.2) is 0 Å². The second kappa shape index (κ2) is 6.39. The highest BCUT2D eigenvalue weighted by Gasteiger charge is 2.32. The molecular weight excluding hydrogens is 188 g/mol. The third kappa shape index (κ3) is 4.84. The Kier molecular flexibility index (Phi) is 5.91. The summed E-state index contributed by atoms with van der Waals surface area (Å²) in [6, 6.07) is 0. The van der Waals surface area contributed by atoms with Crippen molar-refractivity contribution in [2.45, 2.75) is 19.6 Å². The molecule has 0 bridgehead atoms. The zero-order chi connectivity index (χ0) is 11.0. The van der Waals surface area contributed by atoms with Gasteiger partial charge in [-0.25, -0.2) is 4.79 Å². The molecule has 0 spiro atoms. The van der Waals surface area contributed by atoms with Crippen molar-refractivity contribution in [1.29, 1.82) is 0 Å². The van der Waals surface area contributed by atoms with Crippen LogP contribution in [0.5, 0.6) is 0 Å². The molecule has 1 N–H and O–H groups in total. The molecule has 0 fully saturated rings. The van der Waals surface area contributed by atoms with E-state index in [1.54, 1.807) is 6.92 Å². The van der Waals surface area contributed by atoms with Gasteiger partial charge in [-0.15, -0.1) is 0 Å². The lowest BCUT2D eigenvalue weighted by atomic mass is 10.3. The summed E-state index contributed by atoms with van der Waals surface area (Å²) >= 11 is 0. The van der Waals surface area contributed by atoms with Crippen LogP contribution in [0, 0.1) is 0 Å². The molecule has 5 nitrogen and oxygen atoms in total. The molecule has 0 aromatic heterocycles. The van der Waals surface area contributed by atoms with Crippen LogP contribution in [0.15, 0.2) is 12.8 Å². The van der Waals surface area contributed by atoms with Crippen LogP contribution in [0.2, 0.25) is 0 Å². The Morgan fingerprint density at radius 1 is 1.57 bits per heavy atom. The van der Waals surface area contributed by atoms with Gasteiger partial charge in [-0.3, -0.25) is 0 Å². The van der Waals surface area contributed by atoms with E-state index in [2.05, 4.69) is 11.3 Å². The highest BCUT2D eigenvalue weighted by molar-refractivity contribution is 5.76. The van der Waals surface area contributed by atoms with Crippen molar-refractivity contribution in [2.24, 2.45) is 0 Å². The van der Waals surface area contributed by atoms with Crippen molar-refractivity contribution in [3.8, 4) is 0 Å². The van der Waals surface area contributed by atoms with Gasteiger partial charge in [0, 0.05) is 6.92 Å². The van der Waals surface area contributed by atoms with E-state index in [-0.39, 0.29) is 19.8 Å². The van der Waals surface area contributed by atoms with Crippen LogP contribution >= 0.6 is 0 Å². The van der Waals surface area contributed by atoms with E-state index < -0.39 is 11.8 Å². The summed E-state index contributed by atoms with van der Waals surface area (Å²) < 4.78 is 14.2. The summed E-state index contributed by atoms with van der Waals surface area (Å²) in [6.07, 6.45) is 1.25. The normalized spacial score (nSPS) is 14.2. The molecule has 0 aliphatic carbocycles. The Morgan fingerprint density at radius 2 is 2.21 bits per heavy atom. The van der Waals surface area contributed by atoms with E-state index in [1.807, 2.05) is 0 Å². The third-order valence-corrected chi connectivity index (χ3v) is 1.36. The van der Waals surface area contributed by atoms with Gasteiger partial charge in [-0.1, -0.05) is 6.58 Å². The largest absolute Gasteiger partial charge is 0.499 e.